The van der Waals surface area contributed by atoms with Gasteiger partial charge in [0.15, 0.2) is 0 Å². The first-order valence-electron chi connectivity index (χ1n) is 6.38. The summed E-state index contributed by atoms with van der Waals surface area (Å²) in [4.78, 5) is 0. The minimum atomic E-state index is -3.64. The molecule has 1 heterocycles. The Hall–Kier alpha value is -1.42. The SMILES string of the molecule is CN(c1ccccc1)S(=O)(=O)CCNS(=O)(=O)c1cccs1. The Bertz CT molecular complexity index is 800. The minimum absolute atomic E-state index is 0.168. The number of benzene rings is 1. The van der Waals surface area contributed by atoms with Gasteiger partial charge in [-0.1, -0.05) is 24.3 Å². The lowest BCUT2D eigenvalue weighted by atomic mass is 10.3. The van der Waals surface area contributed by atoms with E-state index in [1.54, 1.807) is 41.8 Å². The molecule has 0 aliphatic carbocycles. The van der Waals surface area contributed by atoms with Gasteiger partial charge in [-0.05, 0) is 23.6 Å². The number of hydrogen-bond acceptors (Lipinski definition) is 5. The molecule has 0 unspecified atom stereocenters. The maximum Gasteiger partial charge on any atom is 0.250 e. The van der Waals surface area contributed by atoms with E-state index in [2.05, 4.69) is 4.72 Å². The molecule has 0 aliphatic heterocycles. The average Bonchev–Trinajstić information content (AvgIpc) is 3.02. The van der Waals surface area contributed by atoms with Crippen molar-refractivity contribution in [3.63, 3.8) is 0 Å². The maximum atomic E-state index is 12.2. The van der Waals surface area contributed by atoms with E-state index in [-0.39, 0.29) is 16.5 Å². The smallest absolute Gasteiger partial charge is 0.250 e. The average molecular weight is 360 g/mol. The third kappa shape index (κ3) is 4.07. The first-order valence-corrected chi connectivity index (χ1v) is 10.3. The van der Waals surface area contributed by atoms with Gasteiger partial charge in [-0.3, -0.25) is 4.31 Å². The molecular formula is C13H16N2O4S3. The monoisotopic (exact) mass is 360 g/mol. The van der Waals surface area contributed by atoms with Gasteiger partial charge >= 0.3 is 0 Å². The summed E-state index contributed by atoms with van der Waals surface area (Å²) in [5, 5.41) is 1.65. The highest BCUT2D eigenvalue weighted by atomic mass is 32.2. The Morgan fingerprint density at radius 1 is 1.05 bits per heavy atom. The molecule has 0 amide bonds. The lowest BCUT2D eigenvalue weighted by Gasteiger charge is -2.19. The maximum absolute atomic E-state index is 12.2. The van der Waals surface area contributed by atoms with Gasteiger partial charge in [0.05, 0.1) is 11.4 Å². The van der Waals surface area contributed by atoms with Crippen molar-refractivity contribution in [1.82, 2.24) is 4.72 Å². The largest absolute Gasteiger partial charge is 0.273 e. The van der Waals surface area contributed by atoms with E-state index in [0.717, 1.165) is 15.6 Å². The molecule has 1 aromatic heterocycles. The lowest BCUT2D eigenvalue weighted by Crippen LogP contribution is -2.35. The Kier molecular flexibility index (Phi) is 5.22. The lowest BCUT2D eigenvalue weighted by molar-refractivity contribution is 0.582. The molecule has 22 heavy (non-hydrogen) atoms. The van der Waals surface area contributed by atoms with E-state index >= 15 is 0 Å². The fourth-order valence-electron chi connectivity index (χ4n) is 1.73. The van der Waals surface area contributed by atoms with Crippen LogP contribution in [0.2, 0.25) is 0 Å². The number of sulfonamides is 2. The van der Waals surface area contributed by atoms with Crippen molar-refractivity contribution in [2.45, 2.75) is 4.21 Å². The van der Waals surface area contributed by atoms with Crippen molar-refractivity contribution in [1.29, 1.82) is 0 Å². The fourth-order valence-corrected chi connectivity index (χ4v) is 5.00. The number of anilines is 1. The molecule has 1 N–H and O–H groups in total. The number of rotatable bonds is 7. The number of nitrogens with zero attached hydrogens (tertiary/aromatic N) is 1. The molecule has 0 atom stereocenters. The summed E-state index contributed by atoms with van der Waals surface area (Å²) in [6.07, 6.45) is 0. The molecular weight excluding hydrogens is 344 g/mol. The quantitative estimate of drug-likeness (QED) is 0.811. The summed E-state index contributed by atoms with van der Waals surface area (Å²) >= 11 is 1.08. The molecule has 2 rings (SSSR count). The highest BCUT2D eigenvalue weighted by Gasteiger charge is 2.20. The second-order valence-electron chi connectivity index (χ2n) is 4.45. The predicted octanol–water partition coefficient (Wildman–Crippen LogP) is 1.49. The van der Waals surface area contributed by atoms with Crippen LogP contribution in [-0.2, 0) is 20.0 Å². The van der Waals surface area contributed by atoms with Crippen molar-refractivity contribution in [3.8, 4) is 0 Å². The topological polar surface area (TPSA) is 83.6 Å². The van der Waals surface area contributed by atoms with Crippen LogP contribution >= 0.6 is 11.3 Å². The Morgan fingerprint density at radius 2 is 1.73 bits per heavy atom. The molecule has 120 valence electrons. The van der Waals surface area contributed by atoms with Gasteiger partial charge in [-0.2, -0.15) is 0 Å². The number of thiophene rings is 1. The van der Waals surface area contributed by atoms with Gasteiger partial charge in [0, 0.05) is 13.6 Å². The van der Waals surface area contributed by atoms with Crippen molar-refractivity contribution in [2.75, 3.05) is 23.7 Å². The molecule has 0 saturated carbocycles. The Balaban J connectivity index is 1.99. The second kappa shape index (κ2) is 6.78. The van der Waals surface area contributed by atoms with Crippen LogP contribution in [-0.4, -0.2) is 36.2 Å². The first-order chi connectivity index (χ1) is 10.3. The summed E-state index contributed by atoms with van der Waals surface area (Å²) in [6.45, 7) is -0.181. The van der Waals surface area contributed by atoms with E-state index in [0.29, 0.717) is 5.69 Å². The summed E-state index contributed by atoms with van der Waals surface area (Å²) in [7, 11) is -5.80. The third-order valence-electron chi connectivity index (χ3n) is 2.95. The van der Waals surface area contributed by atoms with Crippen molar-refractivity contribution in [3.05, 3.63) is 47.8 Å². The zero-order chi connectivity index (χ0) is 16.2. The molecule has 0 spiro atoms. The van der Waals surface area contributed by atoms with Gasteiger partial charge in [-0.15, -0.1) is 11.3 Å². The molecule has 0 radical (unpaired) electrons. The number of para-hydroxylation sites is 1. The van der Waals surface area contributed by atoms with Crippen LogP contribution in [0.15, 0.2) is 52.1 Å². The third-order valence-corrected chi connectivity index (χ3v) is 7.57. The zero-order valence-corrected chi connectivity index (χ0v) is 14.3. The van der Waals surface area contributed by atoms with Crippen LogP contribution in [0.5, 0.6) is 0 Å². The summed E-state index contributed by atoms with van der Waals surface area (Å²) in [5.74, 6) is -0.316. The van der Waals surface area contributed by atoms with Crippen LogP contribution in [0, 0.1) is 0 Å². The number of hydrogen-bond donors (Lipinski definition) is 1. The number of nitrogens with one attached hydrogen (secondary N) is 1. The van der Waals surface area contributed by atoms with E-state index < -0.39 is 20.0 Å². The predicted molar refractivity (Wildman–Crippen MR) is 88.1 cm³/mol. The molecule has 0 saturated heterocycles. The second-order valence-corrected chi connectivity index (χ2v) is 9.51. The van der Waals surface area contributed by atoms with Gasteiger partial charge in [0.25, 0.3) is 0 Å². The van der Waals surface area contributed by atoms with Crippen LogP contribution in [0.3, 0.4) is 0 Å². The summed E-state index contributed by atoms with van der Waals surface area (Å²) in [6, 6.07) is 11.7. The van der Waals surface area contributed by atoms with E-state index in [1.165, 1.54) is 13.1 Å². The van der Waals surface area contributed by atoms with Gasteiger partial charge in [-0.25, -0.2) is 21.6 Å². The minimum Gasteiger partial charge on any atom is -0.273 e. The summed E-state index contributed by atoms with van der Waals surface area (Å²) in [5.41, 5.74) is 0.531. The zero-order valence-electron chi connectivity index (χ0n) is 11.8. The van der Waals surface area contributed by atoms with Gasteiger partial charge in [0.2, 0.25) is 20.0 Å². The van der Waals surface area contributed by atoms with Crippen molar-refractivity contribution in [2.24, 2.45) is 0 Å². The Morgan fingerprint density at radius 3 is 2.32 bits per heavy atom. The highest BCUT2D eigenvalue weighted by Crippen LogP contribution is 2.16. The molecule has 6 nitrogen and oxygen atoms in total. The van der Waals surface area contributed by atoms with Crippen molar-refractivity contribution >= 4 is 37.1 Å². The molecule has 0 fully saturated rings. The fraction of sp³-hybridized carbons (Fsp3) is 0.231. The normalized spacial score (nSPS) is 12.2. The molecule has 1 aromatic carbocycles. The standard InChI is InChI=1S/C13H16N2O4S3/c1-15(12-6-3-2-4-7-12)21(16,17)11-9-14-22(18,19)13-8-5-10-20-13/h2-8,10,14H,9,11H2,1H3. The van der Waals surface area contributed by atoms with E-state index in [4.69, 9.17) is 0 Å². The Labute approximate surface area is 134 Å². The molecule has 9 heteroatoms. The van der Waals surface area contributed by atoms with Crippen LogP contribution in [0.1, 0.15) is 0 Å². The van der Waals surface area contributed by atoms with Crippen LogP contribution in [0.4, 0.5) is 5.69 Å². The van der Waals surface area contributed by atoms with Gasteiger partial charge in [0.1, 0.15) is 4.21 Å². The molecule has 0 bridgehead atoms. The van der Waals surface area contributed by atoms with Crippen molar-refractivity contribution < 1.29 is 16.8 Å². The van der Waals surface area contributed by atoms with Gasteiger partial charge < -0.3 is 0 Å². The van der Waals surface area contributed by atoms with E-state index in [1.807, 2.05) is 0 Å². The van der Waals surface area contributed by atoms with Crippen LogP contribution in [0.25, 0.3) is 0 Å². The first kappa shape index (κ1) is 16.9. The molecule has 0 aliphatic rings. The molecule has 2 aromatic rings. The van der Waals surface area contributed by atoms with E-state index in [9.17, 15) is 16.8 Å². The highest BCUT2D eigenvalue weighted by molar-refractivity contribution is 7.93. The van der Waals surface area contributed by atoms with Crippen LogP contribution < -0.4 is 9.03 Å². The summed E-state index contributed by atoms with van der Waals surface area (Å²) < 4.78 is 51.8.